The second kappa shape index (κ2) is 8.50. The number of hydrogen-bond donors (Lipinski definition) is 2. The topological polar surface area (TPSA) is 89.3 Å². The Kier molecular flexibility index (Phi) is 5.39. The first-order valence-electron chi connectivity index (χ1n) is 12.8. The molecule has 36 heavy (non-hydrogen) atoms. The number of aryl methyl sites for hydroxylation is 1. The second-order valence-corrected chi connectivity index (χ2v) is 10.2. The summed E-state index contributed by atoms with van der Waals surface area (Å²) in [4.78, 5) is 5.15. The van der Waals surface area contributed by atoms with E-state index in [9.17, 15) is 5.11 Å². The van der Waals surface area contributed by atoms with Gasteiger partial charge in [0, 0.05) is 23.1 Å². The van der Waals surface area contributed by atoms with Crippen molar-refractivity contribution in [1.82, 2.24) is 19.6 Å². The summed E-state index contributed by atoms with van der Waals surface area (Å²) in [6.45, 7) is 4.19. The highest BCUT2D eigenvalue weighted by Crippen LogP contribution is 2.49. The first-order valence-corrected chi connectivity index (χ1v) is 12.8. The lowest BCUT2D eigenvalue weighted by Crippen LogP contribution is -2.59. The maximum absolute atomic E-state index is 10.7. The number of nitrogens with zero attached hydrogens (tertiary/aromatic N) is 4. The van der Waals surface area contributed by atoms with E-state index in [0.29, 0.717) is 12.8 Å². The van der Waals surface area contributed by atoms with E-state index in [1.165, 1.54) is 0 Å². The number of fused-ring (bicyclic) bond motifs is 3. The Hall–Kier alpha value is -3.61. The molecule has 0 aliphatic heterocycles. The van der Waals surface area contributed by atoms with Crippen molar-refractivity contribution >= 4 is 16.7 Å². The lowest BCUT2D eigenvalue weighted by Gasteiger charge is -2.51. The van der Waals surface area contributed by atoms with Crippen LogP contribution in [0.25, 0.3) is 39.1 Å². The highest BCUT2D eigenvalue weighted by Gasteiger charge is 2.51. The molecule has 3 heterocycles. The third kappa shape index (κ3) is 3.69. The predicted molar refractivity (Wildman–Crippen MR) is 143 cm³/mol. The van der Waals surface area contributed by atoms with E-state index in [-0.39, 0.29) is 0 Å². The van der Waals surface area contributed by atoms with Gasteiger partial charge in [-0.15, -0.1) is 10.2 Å². The van der Waals surface area contributed by atoms with E-state index in [0.717, 1.165) is 69.7 Å². The van der Waals surface area contributed by atoms with Crippen LogP contribution >= 0.6 is 0 Å². The van der Waals surface area contributed by atoms with Gasteiger partial charge in [-0.25, -0.2) is 4.98 Å². The zero-order valence-corrected chi connectivity index (χ0v) is 20.8. The largest absolute Gasteiger partial charge is 0.390 e. The molecule has 3 aromatic heterocycles. The molecule has 6 heteroatoms. The minimum Gasteiger partial charge on any atom is -0.390 e. The van der Waals surface area contributed by atoms with Gasteiger partial charge in [0.1, 0.15) is 5.82 Å². The fourth-order valence-corrected chi connectivity index (χ4v) is 5.89. The smallest absolute Gasteiger partial charge is 0.161 e. The lowest BCUT2D eigenvalue weighted by molar-refractivity contribution is -0.0953. The van der Waals surface area contributed by atoms with Crippen LogP contribution in [0.5, 0.6) is 0 Å². The quantitative estimate of drug-likeness (QED) is 0.330. The molecule has 6 nitrogen and oxygen atoms in total. The lowest BCUT2D eigenvalue weighted by atomic mass is 9.61. The van der Waals surface area contributed by atoms with Gasteiger partial charge in [-0.1, -0.05) is 74.9 Å². The first-order chi connectivity index (χ1) is 17.4. The molecule has 6 rings (SSSR count). The Balaban J connectivity index is 1.47. The van der Waals surface area contributed by atoms with Crippen LogP contribution in [0.4, 0.5) is 0 Å². The van der Waals surface area contributed by atoms with Gasteiger partial charge in [0.05, 0.1) is 22.3 Å². The Morgan fingerprint density at radius 2 is 1.67 bits per heavy atom. The van der Waals surface area contributed by atoms with Crippen molar-refractivity contribution in [3.8, 4) is 22.4 Å². The summed E-state index contributed by atoms with van der Waals surface area (Å²) in [5.41, 5.74) is 13.5. The summed E-state index contributed by atoms with van der Waals surface area (Å²) in [6, 6.07) is 25.0. The molecule has 3 N–H and O–H groups in total. The molecule has 0 amide bonds. The van der Waals surface area contributed by atoms with Crippen molar-refractivity contribution in [2.45, 2.75) is 57.1 Å². The zero-order chi connectivity index (χ0) is 24.9. The standard InChI is InChI=1S/C30H31N5O/c1-3-16-29(36)18-30(31,19-29)22-12-10-21(11-13-22)28-23(20-8-6-5-7-9-20)17-25-24(32-28)14-15-27-34-33-26(4-2)35(25)27/h5-15,17,36H,3-4,16,18-19,31H2,1-2H3/t29-,30-. The number of aliphatic hydroxyl groups is 1. The third-order valence-electron chi connectivity index (χ3n) is 7.56. The Morgan fingerprint density at radius 3 is 2.36 bits per heavy atom. The molecule has 0 radical (unpaired) electrons. The summed E-state index contributed by atoms with van der Waals surface area (Å²) in [5.74, 6) is 0.922. The first kappa shape index (κ1) is 22.8. The van der Waals surface area contributed by atoms with Crippen molar-refractivity contribution < 1.29 is 5.11 Å². The molecule has 1 aliphatic rings. The highest BCUT2D eigenvalue weighted by molar-refractivity contribution is 5.91. The van der Waals surface area contributed by atoms with Crippen LogP contribution in [0.15, 0.2) is 72.8 Å². The highest BCUT2D eigenvalue weighted by atomic mass is 16.3. The van der Waals surface area contributed by atoms with Gasteiger partial charge in [0.15, 0.2) is 5.65 Å². The molecule has 0 bridgehead atoms. The average molecular weight is 478 g/mol. The molecule has 1 saturated carbocycles. The Morgan fingerprint density at radius 1 is 0.917 bits per heavy atom. The Labute approximate surface area is 210 Å². The monoisotopic (exact) mass is 477 g/mol. The summed E-state index contributed by atoms with van der Waals surface area (Å²) in [5, 5.41) is 19.4. The van der Waals surface area contributed by atoms with Gasteiger partial charge in [-0.3, -0.25) is 4.40 Å². The molecule has 182 valence electrons. The van der Waals surface area contributed by atoms with Crippen LogP contribution in [0.3, 0.4) is 0 Å². The molecule has 0 atom stereocenters. The second-order valence-electron chi connectivity index (χ2n) is 10.2. The molecular formula is C30H31N5O. The van der Waals surface area contributed by atoms with Crippen molar-refractivity contribution in [2.75, 3.05) is 0 Å². The van der Waals surface area contributed by atoms with Crippen LogP contribution in [0.2, 0.25) is 0 Å². The normalized spacial score (nSPS) is 21.7. The molecule has 0 unspecified atom stereocenters. The van der Waals surface area contributed by atoms with Gasteiger partial charge >= 0.3 is 0 Å². The fraction of sp³-hybridized carbons (Fsp3) is 0.300. The maximum atomic E-state index is 10.7. The number of pyridine rings is 2. The van der Waals surface area contributed by atoms with E-state index in [2.05, 4.69) is 83.0 Å². The number of aromatic nitrogens is 4. The van der Waals surface area contributed by atoms with E-state index in [1.807, 2.05) is 18.2 Å². The van der Waals surface area contributed by atoms with Gasteiger partial charge in [0.25, 0.3) is 0 Å². The van der Waals surface area contributed by atoms with Crippen molar-refractivity contribution in [1.29, 1.82) is 0 Å². The minimum atomic E-state index is -0.632. The maximum Gasteiger partial charge on any atom is 0.161 e. The number of hydrogen-bond acceptors (Lipinski definition) is 5. The van der Waals surface area contributed by atoms with E-state index in [4.69, 9.17) is 10.7 Å². The van der Waals surface area contributed by atoms with Crippen molar-refractivity contribution in [3.63, 3.8) is 0 Å². The van der Waals surface area contributed by atoms with E-state index >= 15 is 0 Å². The third-order valence-corrected chi connectivity index (χ3v) is 7.56. The zero-order valence-electron chi connectivity index (χ0n) is 20.8. The van der Waals surface area contributed by atoms with Crippen LogP contribution in [-0.4, -0.2) is 30.3 Å². The molecule has 0 spiro atoms. The molecule has 1 aliphatic carbocycles. The minimum absolute atomic E-state index is 0.474. The molecular weight excluding hydrogens is 446 g/mol. The average Bonchev–Trinajstić information content (AvgIpc) is 3.31. The number of benzene rings is 2. The van der Waals surface area contributed by atoms with Gasteiger partial charge < -0.3 is 10.8 Å². The Bertz CT molecular complexity index is 1550. The van der Waals surface area contributed by atoms with E-state index in [1.54, 1.807) is 0 Å². The van der Waals surface area contributed by atoms with Gasteiger partial charge in [0.2, 0.25) is 0 Å². The van der Waals surface area contributed by atoms with Gasteiger partial charge in [-0.2, -0.15) is 0 Å². The van der Waals surface area contributed by atoms with Gasteiger partial charge in [-0.05, 0) is 48.6 Å². The molecule has 2 aromatic carbocycles. The summed E-state index contributed by atoms with van der Waals surface area (Å²) < 4.78 is 2.11. The SMILES string of the molecule is CCC[C@]1(O)C[C@@](N)(c2ccc(-c3nc4ccc5nnc(CC)n5c4cc3-c3ccccc3)cc2)C1. The predicted octanol–water partition coefficient (Wildman–Crippen LogP) is 5.65. The van der Waals surface area contributed by atoms with Crippen LogP contribution < -0.4 is 5.73 Å². The molecule has 0 saturated heterocycles. The summed E-state index contributed by atoms with van der Waals surface area (Å²) in [7, 11) is 0. The molecule has 5 aromatic rings. The number of rotatable bonds is 6. The van der Waals surface area contributed by atoms with Crippen LogP contribution in [0, 0.1) is 0 Å². The van der Waals surface area contributed by atoms with E-state index < -0.39 is 11.1 Å². The van der Waals surface area contributed by atoms with Crippen molar-refractivity contribution in [2.24, 2.45) is 5.73 Å². The fourth-order valence-electron chi connectivity index (χ4n) is 5.89. The van der Waals surface area contributed by atoms with Crippen LogP contribution in [0.1, 0.15) is 50.9 Å². The molecule has 1 fully saturated rings. The van der Waals surface area contributed by atoms with Crippen molar-refractivity contribution in [3.05, 3.63) is 84.2 Å². The van der Waals surface area contributed by atoms with Crippen LogP contribution in [-0.2, 0) is 12.0 Å². The number of nitrogens with two attached hydrogens (primary N) is 1. The summed E-state index contributed by atoms with van der Waals surface area (Å²) >= 11 is 0. The summed E-state index contributed by atoms with van der Waals surface area (Å²) in [6.07, 6.45) is 3.75.